The lowest BCUT2D eigenvalue weighted by Gasteiger charge is -2.47. The molecule has 4 atom stereocenters. The van der Waals surface area contributed by atoms with E-state index in [2.05, 4.69) is 0 Å². The number of aliphatic hydroxyl groups is 1. The first-order valence-corrected chi connectivity index (χ1v) is 7.75. The van der Waals surface area contributed by atoms with Crippen molar-refractivity contribution in [2.75, 3.05) is 13.1 Å². The zero-order valence-corrected chi connectivity index (χ0v) is 11.8. The summed E-state index contributed by atoms with van der Waals surface area (Å²) in [5.41, 5.74) is -0.501. The quantitative estimate of drug-likeness (QED) is 0.787. The number of fused-ring (bicyclic) bond motifs is 1. The number of nitrogens with zero attached hydrogens (tertiary/aromatic N) is 1. The number of hydrogen-bond donors (Lipinski definition) is 1. The Morgan fingerprint density at radius 2 is 2.11 bits per heavy atom. The van der Waals surface area contributed by atoms with Crippen LogP contribution in [0.1, 0.15) is 51.9 Å². The zero-order chi connectivity index (χ0) is 13.5. The van der Waals surface area contributed by atoms with Crippen LogP contribution >= 0.6 is 0 Å². The summed E-state index contributed by atoms with van der Waals surface area (Å²) < 4.78 is 5.68. The third-order valence-electron chi connectivity index (χ3n) is 5.25. The molecule has 0 aromatic heterocycles. The molecule has 1 N–H and O–H groups in total. The monoisotopic (exact) mass is 267 g/mol. The van der Waals surface area contributed by atoms with Gasteiger partial charge in [-0.15, -0.1) is 0 Å². The fraction of sp³-hybridized carbons (Fsp3) is 0.933. The molecule has 4 nitrogen and oxygen atoms in total. The summed E-state index contributed by atoms with van der Waals surface area (Å²) in [6, 6.07) is 0. The van der Waals surface area contributed by atoms with Crippen LogP contribution in [0.25, 0.3) is 0 Å². The van der Waals surface area contributed by atoms with Crippen LogP contribution in [-0.2, 0) is 9.53 Å². The van der Waals surface area contributed by atoms with Gasteiger partial charge in [0.15, 0.2) is 0 Å². The molecule has 0 aromatic carbocycles. The standard InChI is InChI=1S/C15H25NO3/c1-11-5-6-13(19-11)14(17)16-9-8-15(18)7-3-2-4-12(15)10-16/h11-13,18H,2-10H2,1H3. The van der Waals surface area contributed by atoms with Crippen LogP contribution in [0.5, 0.6) is 0 Å². The van der Waals surface area contributed by atoms with E-state index in [1.165, 1.54) is 6.42 Å². The average molecular weight is 267 g/mol. The number of piperidine rings is 1. The van der Waals surface area contributed by atoms with E-state index in [9.17, 15) is 9.90 Å². The number of rotatable bonds is 1. The van der Waals surface area contributed by atoms with Gasteiger partial charge in [-0.05, 0) is 39.0 Å². The molecule has 2 aliphatic heterocycles. The summed E-state index contributed by atoms with van der Waals surface area (Å²) in [6.07, 6.45) is 6.85. The number of hydrogen-bond acceptors (Lipinski definition) is 3. The summed E-state index contributed by atoms with van der Waals surface area (Å²) in [4.78, 5) is 14.4. The number of carbonyl (C=O) groups excluding carboxylic acids is 1. The molecule has 3 fully saturated rings. The SMILES string of the molecule is CC1CCC(C(=O)N2CCC3(O)CCCCC3C2)O1. The van der Waals surface area contributed by atoms with E-state index in [0.29, 0.717) is 6.54 Å². The maximum Gasteiger partial charge on any atom is 0.251 e. The highest BCUT2D eigenvalue weighted by molar-refractivity contribution is 5.81. The van der Waals surface area contributed by atoms with Crippen LogP contribution in [0.2, 0.25) is 0 Å². The van der Waals surface area contributed by atoms with Gasteiger partial charge in [-0.2, -0.15) is 0 Å². The maximum absolute atomic E-state index is 12.4. The van der Waals surface area contributed by atoms with Crippen molar-refractivity contribution in [2.24, 2.45) is 5.92 Å². The summed E-state index contributed by atoms with van der Waals surface area (Å²) in [5.74, 6) is 0.426. The molecule has 19 heavy (non-hydrogen) atoms. The van der Waals surface area contributed by atoms with E-state index >= 15 is 0 Å². The Bertz CT molecular complexity index is 359. The van der Waals surface area contributed by atoms with Gasteiger partial charge in [0.1, 0.15) is 6.10 Å². The van der Waals surface area contributed by atoms with Crippen molar-refractivity contribution in [3.05, 3.63) is 0 Å². The van der Waals surface area contributed by atoms with Gasteiger partial charge in [0.25, 0.3) is 5.91 Å². The number of carbonyl (C=O) groups is 1. The minimum absolute atomic E-state index is 0.150. The van der Waals surface area contributed by atoms with Crippen molar-refractivity contribution in [2.45, 2.75) is 69.7 Å². The van der Waals surface area contributed by atoms with Crippen molar-refractivity contribution in [3.8, 4) is 0 Å². The molecule has 0 radical (unpaired) electrons. The molecule has 108 valence electrons. The second-order valence-electron chi connectivity index (χ2n) is 6.59. The van der Waals surface area contributed by atoms with Crippen LogP contribution in [-0.4, -0.2) is 46.8 Å². The minimum Gasteiger partial charge on any atom is -0.389 e. The lowest BCUT2D eigenvalue weighted by Crippen LogP contribution is -2.56. The van der Waals surface area contributed by atoms with Gasteiger partial charge in [0.05, 0.1) is 11.7 Å². The summed E-state index contributed by atoms with van der Waals surface area (Å²) >= 11 is 0. The fourth-order valence-electron chi connectivity index (χ4n) is 3.96. The van der Waals surface area contributed by atoms with E-state index in [1.54, 1.807) is 0 Å². The van der Waals surface area contributed by atoms with E-state index in [-0.39, 0.29) is 24.0 Å². The van der Waals surface area contributed by atoms with Crippen LogP contribution in [0.4, 0.5) is 0 Å². The Morgan fingerprint density at radius 3 is 2.84 bits per heavy atom. The first kappa shape index (κ1) is 13.4. The lowest BCUT2D eigenvalue weighted by molar-refractivity contribution is -0.153. The largest absolute Gasteiger partial charge is 0.389 e. The topological polar surface area (TPSA) is 49.8 Å². The van der Waals surface area contributed by atoms with E-state index in [1.807, 2.05) is 11.8 Å². The van der Waals surface area contributed by atoms with E-state index in [0.717, 1.165) is 45.1 Å². The van der Waals surface area contributed by atoms with Gasteiger partial charge in [-0.25, -0.2) is 0 Å². The van der Waals surface area contributed by atoms with Crippen LogP contribution in [0.15, 0.2) is 0 Å². The van der Waals surface area contributed by atoms with Crippen molar-refractivity contribution in [1.29, 1.82) is 0 Å². The van der Waals surface area contributed by atoms with Gasteiger partial charge < -0.3 is 14.7 Å². The Kier molecular flexibility index (Phi) is 3.56. The third kappa shape index (κ3) is 2.52. The molecular formula is C15H25NO3. The number of likely N-dealkylation sites (tertiary alicyclic amines) is 1. The molecule has 0 spiro atoms. The molecule has 2 saturated heterocycles. The molecule has 3 rings (SSSR count). The molecule has 0 aromatic rings. The fourth-order valence-corrected chi connectivity index (χ4v) is 3.96. The second kappa shape index (κ2) is 5.06. The Labute approximate surface area is 115 Å². The molecule has 4 unspecified atom stereocenters. The Hall–Kier alpha value is -0.610. The van der Waals surface area contributed by atoms with Gasteiger partial charge in [-0.3, -0.25) is 4.79 Å². The number of amides is 1. The zero-order valence-electron chi connectivity index (χ0n) is 11.8. The van der Waals surface area contributed by atoms with Crippen LogP contribution < -0.4 is 0 Å². The normalized spacial score (nSPS) is 43.1. The van der Waals surface area contributed by atoms with Crippen molar-refractivity contribution in [1.82, 2.24) is 4.90 Å². The van der Waals surface area contributed by atoms with Crippen LogP contribution in [0, 0.1) is 5.92 Å². The molecule has 1 aliphatic carbocycles. The first-order chi connectivity index (χ1) is 9.08. The summed E-state index contributed by atoms with van der Waals surface area (Å²) in [7, 11) is 0. The smallest absolute Gasteiger partial charge is 0.251 e. The molecular weight excluding hydrogens is 242 g/mol. The molecule has 0 bridgehead atoms. The van der Waals surface area contributed by atoms with Crippen molar-refractivity contribution < 1.29 is 14.6 Å². The Balaban J connectivity index is 1.62. The van der Waals surface area contributed by atoms with Crippen LogP contribution in [0.3, 0.4) is 0 Å². The van der Waals surface area contributed by atoms with Crippen molar-refractivity contribution >= 4 is 5.91 Å². The van der Waals surface area contributed by atoms with Gasteiger partial charge in [0, 0.05) is 19.0 Å². The molecule has 1 saturated carbocycles. The van der Waals surface area contributed by atoms with Gasteiger partial charge >= 0.3 is 0 Å². The third-order valence-corrected chi connectivity index (χ3v) is 5.25. The van der Waals surface area contributed by atoms with E-state index in [4.69, 9.17) is 4.74 Å². The maximum atomic E-state index is 12.4. The lowest BCUT2D eigenvalue weighted by atomic mass is 9.71. The highest BCUT2D eigenvalue weighted by Crippen LogP contribution is 2.40. The predicted octanol–water partition coefficient (Wildman–Crippen LogP) is 1.71. The van der Waals surface area contributed by atoms with Crippen molar-refractivity contribution in [3.63, 3.8) is 0 Å². The predicted molar refractivity (Wildman–Crippen MR) is 71.7 cm³/mol. The Morgan fingerprint density at radius 1 is 1.26 bits per heavy atom. The molecule has 3 aliphatic rings. The first-order valence-electron chi connectivity index (χ1n) is 7.75. The minimum atomic E-state index is -0.501. The highest BCUT2D eigenvalue weighted by Gasteiger charge is 2.45. The molecule has 1 amide bonds. The van der Waals surface area contributed by atoms with E-state index < -0.39 is 5.60 Å². The number of ether oxygens (including phenoxy) is 1. The molecule has 2 heterocycles. The van der Waals surface area contributed by atoms with Gasteiger partial charge in [0.2, 0.25) is 0 Å². The average Bonchev–Trinajstić information content (AvgIpc) is 2.83. The summed E-state index contributed by atoms with van der Waals surface area (Å²) in [5, 5.41) is 10.6. The summed E-state index contributed by atoms with van der Waals surface area (Å²) in [6.45, 7) is 3.45. The highest BCUT2D eigenvalue weighted by atomic mass is 16.5. The molecule has 4 heteroatoms. The second-order valence-corrected chi connectivity index (χ2v) is 6.59. The van der Waals surface area contributed by atoms with Gasteiger partial charge in [-0.1, -0.05) is 12.8 Å².